The van der Waals surface area contributed by atoms with Crippen LogP contribution in [0.25, 0.3) is 0 Å². The lowest BCUT2D eigenvalue weighted by Gasteiger charge is -2.35. The number of nitrogens with zero attached hydrogens (tertiary/aromatic N) is 1. The van der Waals surface area contributed by atoms with Crippen LogP contribution >= 0.6 is 11.6 Å². The van der Waals surface area contributed by atoms with Gasteiger partial charge in [0, 0.05) is 6.54 Å². The topological polar surface area (TPSA) is 79.2 Å². The molecular weight excluding hydrogens is 353 g/mol. The number of carbonyl (C=O) groups excluding carboxylic acids is 1. The van der Waals surface area contributed by atoms with Crippen LogP contribution in [-0.2, 0) is 9.47 Å². The van der Waals surface area contributed by atoms with Crippen LogP contribution in [0, 0.1) is 5.82 Å². The second kappa shape index (κ2) is 7.45. The van der Waals surface area contributed by atoms with Crippen molar-refractivity contribution in [1.29, 1.82) is 0 Å². The summed E-state index contributed by atoms with van der Waals surface area (Å²) in [6.07, 6.45) is -1.64. The summed E-state index contributed by atoms with van der Waals surface area (Å²) in [6, 6.07) is 4.01. The Morgan fingerprint density at radius 2 is 2.20 bits per heavy atom. The second-order valence-corrected chi connectivity index (χ2v) is 7.50. The van der Waals surface area contributed by atoms with Gasteiger partial charge in [0.25, 0.3) is 0 Å². The third kappa shape index (κ3) is 4.82. The molecule has 1 aliphatic rings. The van der Waals surface area contributed by atoms with Gasteiger partial charge in [-0.05, 0) is 38.5 Å². The highest BCUT2D eigenvalue weighted by Gasteiger charge is 2.44. The molecule has 140 valence electrons. The van der Waals surface area contributed by atoms with Crippen molar-refractivity contribution in [3.05, 3.63) is 34.6 Å². The summed E-state index contributed by atoms with van der Waals surface area (Å²) in [7, 11) is 0. The Kier molecular flexibility index (Phi) is 5.93. The molecule has 1 saturated heterocycles. The molecule has 1 amide bonds. The number of β-amino-alcohol motifs (C(OH)–C–C–N with tert-alkyl or cyclic N) is 1. The summed E-state index contributed by atoms with van der Waals surface area (Å²) in [5.74, 6) is -0.656. The van der Waals surface area contributed by atoms with E-state index in [1.165, 1.54) is 17.0 Å². The standard InChI is InChI=1S/C17H23ClFNO5/c1-16(2,3)25-15(22)20-6-7-24-14(17(23,9-20)10-21)11-4-5-12(18)13(19)8-11/h4-5,8,14,21,23H,6-7,9-10H2,1-3H3. The average molecular weight is 376 g/mol. The number of aliphatic hydroxyl groups is 2. The summed E-state index contributed by atoms with van der Waals surface area (Å²) < 4.78 is 24.7. The Labute approximate surface area is 151 Å². The van der Waals surface area contributed by atoms with Crippen molar-refractivity contribution in [3.8, 4) is 0 Å². The van der Waals surface area contributed by atoms with Gasteiger partial charge in [0.2, 0.25) is 0 Å². The SMILES string of the molecule is CC(C)(C)OC(=O)N1CCOC(c2ccc(Cl)c(F)c2)C(O)(CO)C1. The minimum Gasteiger partial charge on any atom is -0.444 e. The minimum atomic E-state index is -1.81. The number of hydrogen-bond acceptors (Lipinski definition) is 5. The average Bonchev–Trinajstić information content (AvgIpc) is 2.68. The van der Waals surface area contributed by atoms with Crippen molar-refractivity contribution >= 4 is 17.7 Å². The van der Waals surface area contributed by atoms with Crippen molar-refractivity contribution in [1.82, 2.24) is 4.90 Å². The van der Waals surface area contributed by atoms with Crippen LogP contribution in [0.1, 0.15) is 32.4 Å². The lowest BCUT2D eigenvalue weighted by molar-refractivity contribution is -0.124. The van der Waals surface area contributed by atoms with Gasteiger partial charge in [-0.1, -0.05) is 17.7 Å². The van der Waals surface area contributed by atoms with Crippen LogP contribution in [0.15, 0.2) is 18.2 Å². The highest BCUT2D eigenvalue weighted by atomic mass is 35.5. The molecule has 0 spiro atoms. The van der Waals surface area contributed by atoms with Gasteiger partial charge in [-0.3, -0.25) is 0 Å². The Balaban J connectivity index is 2.27. The molecule has 2 unspecified atom stereocenters. The maximum absolute atomic E-state index is 13.8. The molecule has 1 aliphatic heterocycles. The van der Waals surface area contributed by atoms with Crippen LogP contribution in [0.2, 0.25) is 5.02 Å². The van der Waals surface area contributed by atoms with Crippen molar-refractivity contribution in [2.24, 2.45) is 0 Å². The number of halogens is 2. The normalized spacial score (nSPS) is 24.8. The van der Waals surface area contributed by atoms with E-state index >= 15 is 0 Å². The van der Waals surface area contributed by atoms with E-state index in [0.717, 1.165) is 6.07 Å². The molecule has 6 nitrogen and oxygen atoms in total. The van der Waals surface area contributed by atoms with E-state index in [-0.39, 0.29) is 24.7 Å². The first-order valence-electron chi connectivity index (χ1n) is 7.93. The zero-order valence-electron chi connectivity index (χ0n) is 14.5. The van der Waals surface area contributed by atoms with Crippen LogP contribution in [-0.4, -0.2) is 58.7 Å². The molecule has 0 bridgehead atoms. The maximum atomic E-state index is 13.8. The van der Waals surface area contributed by atoms with Crippen LogP contribution in [0.3, 0.4) is 0 Å². The zero-order valence-corrected chi connectivity index (χ0v) is 15.2. The van der Waals surface area contributed by atoms with E-state index < -0.39 is 35.8 Å². The fraction of sp³-hybridized carbons (Fsp3) is 0.588. The number of rotatable bonds is 2. The Bertz CT molecular complexity index is 636. The molecule has 8 heteroatoms. The van der Waals surface area contributed by atoms with Crippen LogP contribution in [0.5, 0.6) is 0 Å². The molecule has 2 atom stereocenters. The molecule has 25 heavy (non-hydrogen) atoms. The number of benzene rings is 1. The number of carbonyl (C=O) groups is 1. The summed E-state index contributed by atoms with van der Waals surface area (Å²) in [5.41, 5.74) is -2.18. The Morgan fingerprint density at radius 3 is 2.76 bits per heavy atom. The van der Waals surface area contributed by atoms with Gasteiger partial charge in [-0.2, -0.15) is 0 Å². The quantitative estimate of drug-likeness (QED) is 0.830. The van der Waals surface area contributed by atoms with E-state index in [0.29, 0.717) is 5.56 Å². The molecular formula is C17H23ClFNO5. The van der Waals surface area contributed by atoms with Gasteiger partial charge < -0.3 is 24.6 Å². The summed E-state index contributed by atoms with van der Waals surface area (Å²) in [6.45, 7) is 4.57. The van der Waals surface area contributed by atoms with Crippen molar-refractivity contribution in [2.45, 2.75) is 38.1 Å². The third-order valence-electron chi connectivity index (χ3n) is 3.77. The summed E-state index contributed by atoms with van der Waals surface area (Å²) >= 11 is 5.69. The molecule has 1 fully saturated rings. The maximum Gasteiger partial charge on any atom is 0.410 e. The van der Waals surface area contributed by atoms with Gasteiger partial charge in [0.05, 0.1) is 24.8 Å². The summed E-state index contributed by atoms with van der Waals surface area (Å²) in [5, 5.41) is 20.6. The Hall–Kier alpha value is -1.41. The summed E-state index contributed by atoms with van der Waals surface area (Å²) in [4.78, 5) is 13.6. The predicted molar refractivity (Wildman–Crippen MR) is 89.9 cm³/mol. The van der Waals surface area contributed by atoms with E-state index in [9.17, 15) is 19.4 Å². The fourth-order valence-electron chi connectivity index (χ4n) is 2.63. The van der Waals surface area contributed by atoms with Gasteiger partial charge in [-0.25, -0.2) is 9.18 Å². The van der Waals surface area contributed by atoms with Crippen molar-refractivity contribution < 1.29 is 28.9 Å². The molecule has 0 aliphatic carbocycles. The minimum absolute atomic E-state index is 0.0553. The molecule has 0 radical (unpaired) electrons. The van der Waals surface area contributed by atoms with Crippen molar-refractivity contribution in [3.63, 3.8) is 0 Å². The number of aliphatic hydroxyl groups excluding tert-OH is 1. The smallest absolute Gasteiger partial charge is 0.410 e. The van der Waals surface area contributed by atoms with Crippen LogP contribution < -0.4 is 0 Å². The van der Waals surface area contributed by atoms with Gasteiger partial charge in [0.1, 0.15) is 23.1 Å². The Morgan fingerprint density at radius 1 is 1.52 bits per heavy atom. The van der Waals surface area contributed by atoms with E-state index in [2.05, 4.69) is 0 Å². The molecule has 1 aromatic carbocycles. The monoisotopic (exact) mass is 375 g/mol. The molecule has 2 N–H and O–H groups in total. The molecule has 1 aromatic rings. The molecule has 0 aromatic heterocycles. The van der Waals surface area contributed by atoms with Gasteiger partial charge in [-0.15, -0.1) is 0 Å². The predicted octanol–water partition coefficient (Wildman–Crippen LogP) is 2.51. The lowest BCUT2D eigenvalue weighted by atomic mass is 9.91. The van der Waals surface area contributed by atoms with Gasteiger partial charge in [0.15, 0.2) is 0 Å². The third-order valence-corrected chi connectivity index (χ3v) is 4.08. The highest BCUT2D eigenvalue weighted by molar-refractivity contribution is 6.30. The first-order valence-corrected chi connectivity index (χ1v) is 8.31. The number of ether oxygens (including phenoxy) is 2. The van der Waals surface area contributed by atoms with E-state index in [1.54, 1.807) is 20.8 Å². The number of hydrogen-bond donors (Lipinski definition) is 2. The fourth-order valence-corrected chi connectivity index (χ4v) is 2.74. The highest BCUT2D eigenvalue weighted by Crippen LogP contribution is 2.34. The first kappa shape index (κ1) is 19.9. The lowest BCUT2D eigenvalue weighted by Crippen LogP contribution is -2.51. The second-order valence-electron chi connectivity index (χ2n) is 7.09. The largest absolute Gasteiger partial charge is 0.444 e. The zero-order chi connectivity index (χ0) is 18.8. The molecule has 0 saturated carbocycles. The number of amides is 1. The molecule has 2 rings (SSSR count). The first-order chi connectivity index (χ1) is 11.6. The van der Waals surface area contributed by atoms with Crippen LogP contribution in [0.4, 0.5) is 9.18 Å². The van der Waals surface area contributed by atoms with E-state index in [4.69, 9.17) is 21.1 Å². The van der Waals surface area contributed by atoms with Gasteiger partial charge >= 0.3 is 6.09 Å². The molecule has 1 heterocycles. The van der Waals surface area contributed by atoms with E-state index in [1.807, 2.05) is 0 Å². The van der Waals surface area contributed by atoms with Crippen molar-refractivity contribution in [2.75, 3.05) is 26.3 Å².